The van der Waals surface area contributed by atoms with E-state index in [1.165, 1.54) is 0 Å². The maximum atomic E-state index is 11.5. The van der Waals surface area contributed by atoms with Gasteiger partial charge in [0.15, 0.2) is 5.76 Å². The van der Waals surface area contributed by atoms with Crippen LogP contribution in [0.3, 0.4) is 0 Å². The van der Waals surface area contributed by atoms with Gasteiger partial charge in [-0.15, -0.1) is 0 Å². The lowest BCUT2D eigenvalue weighted by Crippen LogP contribution is -2.10. The van der Waals surface area contributed by atoms with Gasteiger partial charge in [-0.2, -0.15) is 0 Å². The number of nitrogens with zero attached hydrogens (tertiary/aromatic N) is 1. The molecule has 3 rings (SSSR count). The molecule has 0 saturated heterocycles. The molecule has 19 heavy (non-hydrogen) atoms. The third-order valence-electron chi connectivity index (χ3n) is 3.01. The Morgan fingerprint density at radius 2 is 2.26 bits per heavy atom. The molecule has 6 nitrogen and oxygen atoms in total. The first-order valence-electron chi connectivity index (χ1n) is 5.94. The van der Waals surface area contributed by atoms with Crippen molar-refractivity contribution in [2.45, 2.75) is 13.3 Å². The largest absolute Gasteiger partial charge is 0.491 e. The predicted octanol–water partition coefficient (Wildman–Crippen LogP) is 1.95. The van der Waals surface area contributed by atoms with Crippen LogP contribution in [0.1, 0.15) is 12.1 Å². The maximum Gasteiger partial charge on any atom is 0.227 e. The van der Waals surface area contributed by atoms with Crippen molar-refractivity contribution >= 4 is 17.3 Å². The number of fused-ring (bicyclic) bond motifs is 1. The number of benzene rings is 1. The number of anilines is 2. The van der Waals surface area contributed by atoms with Crippen molar-refractivity contribution in [3.63, 3.8) is 0 Å². The summed E-state index contributed by atoms with van der Waals surface area (Å²) in [7, 11) is 0. The average molecular weight is 259 g/mol. The maximum absolute atomic E-state index is 11.5. The second-order valence-electron chi connectivity index (χ2n) is 4.37. The second-order valence-corrected chi connectivity index (χ2v) is 4.37. The molecule has 1 aromatic heterocycles. The lowest BCUT2D eigenvalue weighted by Gasteiger charge is -2.08. The minimum Gasteiger partial charge on any atom is -0.491 e. The third-order valence-corrected chi connectivity index (χ3v) is 3.01. The zero-order chi connectivity index (χ0) is 13.4. The Labute approximate surface area is 109 Å². The normalized spacial score (nSPS) is 14.3. The zero-order valence-corrected chi connectivity index (χ0v) is 10.4. The number of nitrogens with two attached hydrogens (primary N) is 1. The van der Waals surface area contributed by atoms with Crippen molar-refractivity contribution in [2.75, 3.05) is 17.7 Å². The topological polar surface area (TPSA) is 90.4 Å². The SMILES string of the molecule is Cc1noc(-c2ccc3c(c2)NC(=O)CCO3)c1N. The molecule has 0 atom stereocenters. The van der Waals surface area contributed by atoms with Crippen LogP contribution in [-0.4, -0.2) is 17.7 Å². The van der Waals surface area contributed by atoms with Gasteiger partial charge in [0.05, 0.1) is 18.7 Å². The van der Waals surface area contributed by atoms with E-state index in [2.05, 4.69) is 10.5 Å². The quantitative estimate of drug-likeness (QED) is 0.816. The second kappa shape index (κ2) is 4.31. The summed E-state index contributed by atoms with van der Waals surface area (Å²) in [6, 6.07) is 5.38. The van der Waals surface area contributed by atoms with Crippen LogP contribution in [-0.2, 0) is 4.79 Å². The standard InChI is InChI=1S/C13H13N3O3/c1-7-12(14)13(19-16-7)8-2-3-10-9(6-8)15-11(17)4-5-18-10/h2-3,6H,4-5,14H2,1H3,(H,15,17). The Morgan fingerprint density at radius 1 is 1.42 bits per heavy atom. The Balaban J connectivity index is 2.05. The fourth-order valence-corrected chi connectivity index (χ4v) is 1.95. The number of hydrogen-bond donors (Lipinski definition) is 2. The molecule has 0 bridgehead atoms. The van der Waals surface area contributed by atoms with Crippen LogP contribution < -0.4 is 15.8 Å². The highest BCUT2D eigenvalue weighted by Gasteiger charge is 2.17. The zero-order valence-electron chi connectivity index (χ0n) is 10.4. The number of aromatic nitrogens is 1. The summed E-state index contributed by atoms with van der Waals surface area (Å²) in [6.07, 6.45) is 0.341. The Hall–Kier alpha value is -2.50. The van der Waals surface area contributed by atoms with E-state index < -0.39 is 0 Å². The average Bonchev–Trinajstić information content (AvgIpc) is 2.61. The molecular weight excluding hydrogens is 246 g/mol. The molecule has 0 spiro atoms. The van der Waals surface area contributed by atoms with Gasteiger partial charge in [0, 0.05) is 5.56 Å². The van der Waals surface area contributed by atoms with E-state index in [4.69, 9.17) is 15.0 Å². The highest BCUT2D eigenvalue weighted by Crippen LogP contribution is 2.35. The molecule has 1 amide bonds. The van der Waals surface area contributed by atoms with E-state index in [1.54, 1.807) is 19.1 Å². The number of carbonyl (C=O) groups is 1. The van der Waals surface area contributed by atoms with Crippen LogP contribution in [0.2, 0.25) is 0 Å². The lowest BCUT2D eigenvalue weighted by molar-refractivity contribution is -0.116. The monoisotopic (exact) mass is 259 g/mol. The summed E-state index contributed by atoms with van der Waals surface area (Å²) in [5.74, 6) is 1.07. The third kappa shape index (κ3) is 2.01. The van der Waals surface area contributed by atoms with Gasteiger partial charge in [-0.3, -0.25) is 4.79 Å². The number of carbonyl (C=O) groups excluding carboxylic acids is 1. The summed E-state index contributed by atoms with van der Waals surface area (Å²) in [4.78, 5) is 11.5. The van der Waals surface area contributed by atoms with Gasteiger partial charge in [-0.05, 0) is 25.1 Å². The minimum absolute atomic E-state index is 0.0716. The fraction of sp³-hybridized carbons (Fsp3) is 0.231. The van der Waals surface area contributed by atoms with Crippen LogP contribution >= 0.6 is 0 Å². The van der Waals surface area contributed by atoms with E-state index in [9.17, 15) is 4.79 Å². The van der Waals surface area contributed by atoms with Crippen LogP contribution in [0.5, 0.6) is 5.75 Å². The van der Waals surface area contributed by atoms with Gasteiger partial charge in [0.25, 0.3) is 0 Å². The first-order chi connectivity index (χ1) is 9.15. The first-order valence-corrected chi connectivity index (χ1v) is 5.94. The van der Waals surface area contributed by atoms with Gasteiger partial charge in [-0.25, -0.2) is 0 Å². The van der Waals surface area contributed by atoms with Crippen molar-refractivity contribution in [3.05, 3.63) is 23.9 Å². The Kier molecular flexibility index (Phi) is 2.63. The number of nitrogen functional groups attached to an aromatic ring is 1. The summed E-state index contributed by atoms with van der Waals surface area (Å²) < 4.78 is 10.7. The van der Waals surface area contributed by atoms with Crippen molar-refractivity contribution in [2.24, 2.45) is 0 Å². The van der Waals surface area contributed by atoms with Gasteiger partial charge in [0.1, 0.15) is 17.1 Å². The molecule has 2 aromatic rings. The molecule has 0 saturated carbocycles. The molecule has 1 aromatic carbocycles. The summed E-state index contributed by atoms with van der Waals surface area (Å²) >= 11 is 0. The fourth-order valence-electron chi connectivity index (χ4n) is 1.95. The van der Waals surface area contributed by atoms with Crippen LogP contribution in [0.15, 0.2) is 22.7 Å². The van der Waals surface area contributed by atoms with Gasteiger partial charge in [0.2, 0.25) is 5.91 Å². The molecule has 98 valence electrons. The van der Waals surface area contributed by atoms with Crippen LogP contribution in [0.4, 0.5) is 11.4 Å². The van der Waals surface area contributed by atoms with E-state index >= 15 is 0 Å². The van der Waals surface area contributed by atoms with Crippen LogP contribution in [0.25, 0.3) is 11.3 Å². The first kappa shape index (κ1) is 11.6. The molecular formula is C13H13N3O3. The minimum atomic E-state index is -0.0716. The Bertz CT molecular complexity index is 649. The van der Waals surface area contributed by atoms with E-state index in [0.29, 0.717) is 41.6 Å². The molecule has 1 aliphatic heterocycles. The summed E-state index contributed by atoms with van der Waals surface area (Å²) in [5, 5.41) is 6.61. The molecule has 0 radical (unpaired) electrons. The summed E-state index contributed by atoms with van der Waals surface area (Å²) in [5.41, 5.74) is 8.41. The van der Waals surface area contributed by atoms with Crippen LogP contribution in [0, 0.1) is 6.92 Å². The molecule has 0 unspecified atom stereocenters. The highest BCUT2D eigenvalue weighted by molar-refractivity contribution is 5.94. The molecule has 6 heteroatoms. The number of ether oxygens (including phenoxy) is 1. The van der Waals surface area contributed by atoms with Crippen molar-refractivity contribution in [1.29, 1.82) is 0 Å². The smallest absolute Gasteiger partial charge is 0.227 e. The molecule has 0 fully saturated rings. The van der Waals surface area contributed by atoms with Crippen molar-refractivity contribution in [3.8, 4) is 17.1 Å². The van der Waals surface area contributed by atoms with Crippen molar-refractivity contribution < 1.29 is 14.1 Å². The Morgan fingerprint density at radius 3 is 3.00 bits per heavy atom. The highest BCUT2D eigenvalue weighted by atomic mass is 16.5. The predicted molar refractivity (Wildman–Crippen MR) is 69.8 cm³/mol. The molecule has 2 heterocycles. The molecule has 1 aliphatic rings. The van der Waals surface area contributed by atoms with E-state index in [1.807, 2.05) is 6.07 Å². The van der Waals surface area contributed by atoms with E-state index in [0.717, 1.165) is 5.56 Å². The van der Waals surface area contributed by atoms with Gasteiger partial charge >= 0.3 is 0 Å². The number of nitrogens with one attached hydrogen (secondary N) is 1. The van der Waals surface area contributed by atoms with Crippen molar-refractivity contribution in [1.82, 2.24) is 5.16 Å². The van der Waals surface area contributed by atoms with E-state index in [-0.39, 0.29) is 5.91 Å². The number of rotatable bonds is 1. The number of aryl methyl sites for hydroxylation is 1. The number of amides is 1. The van der Waals surface area contributed by atoms with Gasteiger partial charge in [-0.1, -0.05) is 5.16 Å². The lowest BCUT2D eigenvalue weighted by atomic mass is 10.1. The molecule has 3 N–H and O–H groups in total. The van der Waals surface area contributed by atoms with Gasteiger partial charge < -0.3 is 20.3 Å². The number of hydrogen-bond acceptors (Lipinski definition) is 5. The molecule has 0 aliphatic carbocycles. The summed E-state index contributed by atoms with van der Waals surface area (Å²) in [6.45, 7) is 2.15.